The quantitative estimate of drug-likeness (QED) is 0.669. The maximum atomic E-state index is 5.82. The lowest BCUT2D eigenvalue weighted by molar-refractivity contribution is 0.266. The molecular weight excluding hydrogens is 286 g/mol. The third-order valence-corrected chi connectivity index (χ3v) is 3.47. The second-order valence-electron chi connectivity index (χ2n) is 5.32. The van der Waals surface area contributed by atoms with E-state index in [1.165, 1.54) is 0 Å². The fraction of sp³-hybridized carbons (Fsp3) is 0.150. The second kappa shape index (κ2) is 7.45. The van der Waals surface area contributed by atoms with Crippen molar-refractivity contribution in [2.75, 3.05) is 0 Å². The summed E-state index contributed by atoms with van der Waals surface area (Å²) in [6.07, 6.45) is 0. The van der Waals surface area contributed by atoms with Gasteiger partial charge in [0.05, 0.1) is 0 Å². The van der Waals surface area contributed by atoms with E-state index in [0.717, 1.165) is 16.7 Å². The smallest absolute Gasteiger partial charge is 0.219 e. The lowest BCUT2D eigenvalue weighted by atomic mass is 10.2. The lowest BCUT2D eigenvalue weighted by Gasteiger charge is -2.11. The van der Waals surface area contributed by atoms with E-state index in [0.29, 0.717) is 25.0 Å². The predicted molar refractivity (Wildman–Crippen MR) is 90.5 cm³/mol. The summed E-state index contributed by atoms with van der Waals surface area (Å²) < 4.78 is 11.6. The molecule has 0 saturated heterocycles. The highest BCUT2D eigenvalue weighted by molar-refractivity contribution is 5.30. The van der Waals surface area contributed by atoms with Crippen LogP contribution in [-0.2, 0) is 13.2 Å². The molecule has 0 aliphatic heterocycles. The van der Waals surface area contributed by atoms with E-state index in [1.807, 2.05) is 79.7 Å². The van der Waals surface area contributed by atoms with Gasteiger partial charge in [0, 0.05) is 11.6 Å². The van der Waals surface area contributed by atoms with Crippen LogP contribution in [0.2, 0.25) is 0 Å². The van der Waals surface area contributed by atoms with Crippen LogP contribution in [0.5, 0.6) is 11.8 Å². The molecule has 0 radical (unpaired) electrons. The molecule has 0 aliphatic rings. The van der Waals surface area contributed by atoms with Gasteiger partial charge in [-0.05, 0) is 24.1 Å². The molecule has 0 aliphatic carbocycles. The Hall–Kier alpha value is -2.81. The van der Waals surface area contributed by atoms with Crippen molar-refractivity contribution in [3.8, 4) is 11.8 Å². The van der Waals surface area contributed by atoms with Crippen molar-refractivity contribution in [2.45, 2.75) is 20.1 Å². The Balaban J connectivity index is 1.64. The van der Waals surface area contributed by atoms with E-state index in [1.54, 1.807) is 0 Å². The highest BCUT2D eigenvalue weighted by Crippen LogP contribution is 2.21. The van der Waals surface area contributed by atoms with Crippen molar-refractivity contribution >= 4 is 0 Å². The third kappa shape index (κ3) is 4.33. The second-order valence-corrected chi connectivity index (χ2v) is 5.32. The lowest BCUT2D eigenvalue weighted by Crippen LogP contribution is -2.02. The van der Waals surface area contributed by atoms with Crippen molar-refractivity contribution in [2.24, 2.45) is 0 Å². The standard InChI is InChI=1S/C20H19NO2/c1-16-12-13-19(22-14-17-8-4-2-5-9-17)21-20(16)23-15-18-10-6-3-7-11-18/h2-13H,14-15H2,1H3. The zero-order chi connectivity index (χ0) is 15.9. The van der Waals surface area contributed by atoms with Crippen molar-refractivity contribution in [3.63, 3.8) is 0 Å². The van der Waals surface area contributed by atoms with Gasteiger partial charge in [-0.1, -0.05) is 60.7 Å². The van der Waals surface area contributed by atoms with E-state index < -0.39 is 0 Å². The molecule has 0 saturated carbocycles. The van der Waals surface area contributed by atoms with Crippen LogP contribution in [0.1, 0.15) is 16.7 Å². The first-order chi connectivity index (χ1) is 11.3. The van der Waals surface area contributed by atoms with Gasteiger partial charge in [-0.15, -0.1) is 0 Å². The number of hydrogen-bond acceptors (Lipinski definition) is 3. The first-order valence-electron chi connectivity index (χ1n) is 7.62. The summed E-state index contributed by atoms with van der Waals surface area (Å²) >= 11 is 0. The van der Waals surface area contributed by atoms with Crippen molar-refractivity contribution in [3.05, 3.63) is 89.5 Å². The summed E-state index contributed by atoms with van der Waals surface area (Å²) in [5.41, 5.74) is 3.22. The molecule has 3 rings (SSSR count). The first-order valence-corrected chi connectivity index (χ1v) is 7.62. The molecule has 1 aromatic heterocycles. The largest absolute Gasteiger partial charge is 0.473 e. The molecule has 0 N–H and O–H groups in total. The molecule has 116 valence electrons. The number of aryl methyl sites for hydroxylation is 1. The van der Waals surface area contributed by atoms with Gasteiger partial charge in [0.1, 0.15) is 13.2 Å². The number of rotatable bonds is 6. The molecular formula is C20H19NO2. The summed E-state index contributed by atoms with van der Waals surface area (Å²) in [6.45, 7) is 2.97. The predicted octanol–water partition coefficient (Wildman–Crippen LogP) is 4.55. The minimum Gasteiger partial charge on any atom is -0.473 e. The van der Waals surface area contributed by atoms with Gasteiger partial charge < -0.3 is 9.47 Å². The molecule has 3 heteroatoms. The number of hydrogen-bond donors (Lipinski definition) is 0. The average Bonchev–Trinajstić information content (AvgIpc) is 2.62. The average molecular weight is 305 g/mol. The van der Waals surface area contributed by atoms with Crippen LogP contribution in [0.25, 0.3) is 0 Å². The molecule has 0 unspecified atom stereocenters. The Labute approximate surface area is 136 Å². The van der Waals surface area contributed by atoms with Crippen LogP contribution in [0.3, 0.4) is 0 Å². The molecule has 1 heterocycles. The van der Waals surface area contributed by atoms with Crippen molar-refractivity contribution < 1.29 is 9.47 Å². The third-order valence-electron chi connectivity index (χ3n) is 3.47. The molecule has 0 fully saturated rings. The summed E-state index contributed by atoms with van der Waals surface area (Å²) in [5.74, 6) is 1.18. The monoisotopic (exact) mass is 305 g/mol. The molecule has 0 spiro atoms. The molecule has 0 bridgehead atoms. The topological polar surface area (TPSA) is 31.4 Å². The Kier molecular flexibility index (Phi) is 4.89. The van der Waals surface area contributed by atoms with Crippen LogP contribution in [0.15, 0.2) is 72.8 Å². The maximum Gasteiger partial charge on any atom is 0.219 e. The van der Waals surface area contributed by atoms with E-state index in [-0.39, 0.29) is 0 Å². The molecule has 0 atom stereocenters. The fourth-order valence-corrected chi connectivity index (χ4v) is 2.18. The first kappa shape index (κ1) is 15.1. The van der Waals surface area contributed by atoms with Crippen LogP contribution < -0.4 is 9.47 Å². The molecule has 2 aromatic carbocycles. The van der Waals surface area contributed by atoms with Crippen LogP contribution in [-0.4, -0.2) is 4.98 Å². The van der Waals surface area contributed by atoms with Gasteiger partial charge in [-0.3, -0.25) is 0 Å². The van der Waals surface area contributed by atoms with E-state index in [9.17, 15) is 0 Å². The van der Waals surface area contributed by atoms with Crippen LogP contribution >= 0.6 is 0 Å². The van der Waals surface area contributed by atoms with E-state index in [2.05, 4.69) is 4.98 Å². The molecule has 23 heavy (non-hydrogen) atoms. The number of pyridine rings is 1. The number of nitrogens with zero attached hydrogens (tertiary/aromatic N) is 1. The fourth-order valence-electron chi connectivity index (χ4n) is 2.18. The molecule has 0 amide bonds. The summed E-state index contributed by atoms with van der Waals surface area (Å²) in [6, 6.07) is 23.9. The normalized spacial score (nSPS) is 10.3. The number of benzene rings is 2. The van der Waals surface area contributed by atoms with Crippen LogP contribution in [0, 0.1) is 6.92 Å². The molecule has 3 aromatic rings. The van der Waals surface area contributed by atoms with Gasteiger partial charge in [-0.2, -0.15) is 4.98 Å². The van der Waals surface area contributed by atoms with E-state index >= 15 is 0 Å². The van der Waals surface area contributed by atoms with E-state index in [4.69, 9.17) is 9.47 Å². The Morgan fingerprint density at radius 2 is 1.26 bits per heavy atom. The van der Waals surface area contributed by atoms with Gasteiger partial charge in [-0.25, -0.2) is 0 Å². The Morgan fingerprint density at radius 1 is 0.696 bits per heavy atom. The maximum absolute atomic E-state index is 5.82. The summed E-state index contributed by atoms with van der Waals surface area (Å²) in [4.78, 5) is 4.46. The van der Waals surface area contributed by atoms with Gasteiger partial charge in [0.2, 0.25) is 11.8 Å². The zero-order valence-electron chi connectivity index (χ0n) is 13.1. The SMILES string of the molecule is Cc1ccc(OCc2ccccc2)nc1OCc1ccccc1. The zero-order valence-corrected chi connectivity index (χ0v) is 13.1. The molecule has 3 nitrogen and oxygen atoms in total. The van der Waals surface area contributed by atoms with Crippen molar-refractivity contribution in [1.82, 2.24) is 4.98 Å². The highest BCUT2D eigenvalue weighted by atomic mass is 16.5. The van der Waals surface area contributed by atoms with Gasteiger partial charge in [0.25, 0.3) is 0 Å². The van der Waals surface area contributed by atoms with Crippen LogP contribution in [0.4, 0.5) is 0 Å². The number of ether oxygens (including phenoxy) is 2. The Bertz CT molecular complexity index is 742. The summed E-state index contributed by atoms with van der Waals surface area (Å²) in [7, 11) is 0. The van der Waals surface area contributed by atoms with Gasteiger partial charge >= 0.3 is 0 Å². The van der Waals surface area contributed by atoms with Gasteiger partial charge in [0.15, 0.2) is 0 Å². The van der Waals surface area contributed by atoms with Crippen molar-refractivity contribution in [1.29, 1.82) is 0 Å². The Morgan fingerprint density at radius 3 is 1.87 bits per heavy atom. The number of aromatic nitrogens is 1. The highest BCUT2D eigenvalue weighted by Gasteiger charge is 2.05. The minimum absolute atomic E-state index is 0.495. The minimum atomic E-state index is 0.495. The summed E-state index contributed by atoms with van der Waals surface area (Å²) in [5, 5.41) is 0.